The van der Waals surface area contributed by atoms with Crippen LogP contribution in [-0.4, -0.2) is 30.8 Å². The largest absolute Gasteiger partial charge is 0.491 e. The van der Waals surface area contributed by atoms with Gasteiger partial charge in [-0.05, 0) is 18.5 Å². The monoisotopic (exact) mass is 181 g/mol. The number of hydrogen-bond acceptors (Lipinski definition) is 4. The minimum Gasteiger partial charge on any atom is -0.481 e. The van der Waals surface area contributed by atoms with E-state index in [-0.39, 0.29) is 0 Å². The molecule has 0 spiro atoms. The minimum absolute atomic E-state index is 0.464. The van der Waals surface area contributed by atoms with E-state index >= 15 is 0 Å². The summed E-state index contributed by atoms with van der Waals surface area (Å²) in [5.74, 6) is 0.469. The number of rotatable bonds is 4. The second kappa shape index (κ2) is 4.84. The van der Waals surface area contributed by atoms with Gasteiger partial charge >= 0.3 is 7.12 Å². The van der Waals surface area contributed by atoms with Gasteiger partial charge in [-0.25, -0.2) is 4.98 Å². The highest BCUT2D eigenvalue weighted by Gasteiger charge is 2.15. The molecule has 1 aromatic rings. The molecule has 13 heavy (non-hydrogen) atoms. The van der Waals surface area contributed by atoms with Gasteiger partial charge in [0, 0.05) is 18.9 Å². The molecule has 0 aliphatic rings. The van der Waals surface area contributed by atoms with Crippen LogP contribution in [0.3, 0.4) is 0 Å². The normalized spacial score (nSPS) is 9.77. The van der Waals surface area contributed by atoms with Crippen molar-refractivity contribution >= 4 is 12.6 Å². The van der Waals surface area contributed by atoms with Gasteiger partial charge in [-0.2, -0.15) is 0 Å². The minimum atomic E-state index is -0.901. The fourth-order valence-electron chi connectivity index (χ4n) is 0.944. The molecule has 1 N–H and O–H groups in total. The second-order valence-electron chi connectivity index (χ2n) is 2.44. The number of nitrogens with zero attached hydrogens (tertiary/aromatic N) is 1. The van der Waals surface area contributed by atoms with Crippen molar-refractivity contribution in [1.29, 1.82) is 0 Å². The van der Waals surface area contributed by atoms with Crippen LogP contribution in [0.25, 0.3) is 0 Å². The van der Waals surface area contributed by atoms with Crippen LogP contribution in [0.2, 0.25) is 0 Å². The number of methoxy groups -OCH3 is 1. The van der Waals surface area contributed by atoms with E-state index in [1.165, 1.54) is 7.11 Å². The maximum atomic E-state index is 9.43. The first kappa shape index (κ1) is 10.0. The molecule has 5 heteroatoms. The summed E-state index contributed by atoms with van der Waals surface area (Å²) in [6.45, 7) is 2.29. The maximum absolute atomic E-state index is 9.43. The molecular formula is C8H12BNO3. The van der Waals surface area contributed by atoms with Gasteiger partial charge in [-0.3, -0.25) is 0 Å². The summed E-state index contributed by atoms with van der Waals surface area (Å²) in [5.41, 5.74) is 0.647. The zero-order valence-electron chi connectivity index (χ0n) is 7.73. The molecule has 0 aliphatic carbocycles. The molecule has 0 atom stereocenters. The summed E-state index contributed by atoms with van der Waals surface area (Å²) >= 11 is 0. The number of aromatic nitrogens is 1. The lowest BCUT2D eigenvalue weighted by molar-refractivity contribution is 0.287. The molecule has 0 saturated carbocycles. The summed E-state index contributed by atoms with van der Waals surface area (Å²) in [6, 6.07) is 3.32. The van der Waals surface area contributed by atoms with Crippen molar-refractivity contribution in [2.45, 2.75) is 6.92 Å². The molecule has 0 fully saturated rings. The van der Waals surface area contributed by atoms with E-state index in [0.29, 0.717) is 17.9 Å². The van der Waals surface area contributed by atoms with Gasteiger partial charge in [0.2, 0.25) is 5.88 Å². The summed E-state index contributed by atoms with van der Waals surface area (Å²) in [6.07, 6.45) is 1.57. The lowest BCUT2D eigenvalue weighted by Crippen LogP contribution is -2.33. The Labute approximate surface area is 77.7 Å². The van der Waals surface area contributed by atoms with Crippen LogP contribution in [0.15, 0.2) is 18.3 Å². The van der Waals surface area contributed by atoms with Crippen LogP contribution < -0.4 is 10.2 Å². The Morgan fingerprint density at radius 2 is 2.38 bits per heavy atom. The lowest BCUT2D eigenvalue weighted by Gasteiger charge is -2.06. The molecule has 0 saturated heterocycles. The van der Waals surface area contributed by atoms with Gasteiger partial charge in [0.05, 0.1) is 7.11 Å². The van der Waals surface area contributed by atoms with E-state index < -0.39 is 7.12 Å². The first-order valence-electron chi connectivity index (χ1n) is 4.07. The zero-order chi connectivity index (χ0) is 9.68. The average molecular weight is 181 g/mol. The molecule has 0 amide bonds. The predicted molar refractivity (Wildman–Crippen MR) is 50.0 cm³/mol. The summed E-state index contributed by atoms with van der Waals surface area (Å²) in [4.78, 5) is 3.91. The van der Waals surface area contributed by atoms with Crippen molar-refractivity contribution in [2.75, 3.05) is 13.7 Å². The molecule has 0 aliphatic heterocycles. The highest BCUT2D eigenvalue weighted by atomic mass is 16.5. The quantitative estimate of drug-likeness (QED) is 0.654. The third-order valence-corrected chi connectivity index (χ3v) is 1.58. The van der Waals surface area contributed by atoms with Gasteiger partial charge in [0.15, 0.2) is 0 Å². The Morgan fingerprint density at radius 3 is 3.00 bits per heavy atom. The van der Waals surface area contributed by atoms with Gasteiger partial charge in [0.25, 0.3) is 0 Å². The number of pyridine rings is 1. The summed E-state index contributed by atoms with van der Waals surface area (Å²) in [7, 11) is 0.626. The van der Waals surface area contributed by atoms with E-state index in [9.17, 15) is 5.02 Å². The first-order valence-corrected chi connectivity index (χ1v) is 4.07. The van der Waals surface area contributed by atoms with E-state index in [4.69, 9.17) is 9.39 Å². The zero-order valence-corrected chi connectivity index (χ0v) is 7.73. The molecule has 0 unspecified atom stereocenters. The smallest absolute Gasteiger partial charge is 0.481 e. The Balaban J connectivity index is 2.75. The van der Waals surface area contributed by atoms with E-state index in [2.05, 4.69) is 4.98 Å². The van der Waals surface area contributed by atoms with Crippen LogP contribution in [0.1, 0.15) is 6.92 Å². The van der Waals surface area contributed by atoms with Crippen LogP contribution in [-0.2, 0) is 4.65 Å². The fourth-order valence-corrected chi connectivity index (χ4v) is 0.944. The van der Waals surface area contributed by atoms with Crippen molar-refractivity contribution in [2.24, 2.45) is 0 Å². The van der Waals surface area contributed by atoms with Gasteiger partial charge < -0.3 is 14.4 Å². The molecule has 1 aromatic heterocycles. The number of hydrogen-bond donors (Lipinski definition) is 1. The van der Waals surface area contributed by atoms with Crippen molar-refractivity contribution in [3.05, 3.63) is 18.3 Å². The molecule has 4 nitrogen and oxygen atoms in total. The highest BCUT2D eigenvalue weighted by molar-refractivity contribution is 6.59. The van der Waals surface area contributed by atoms with Gasteiger partial charge in [-0.1, -0.05) is 0 Å². The fraction of sp³-hybridized carbons (Fsp3) is 0.375. The topological polar surface area (TPSA) is 51.6 Å². The SMILES string of the molecule is CCOB(O)c1ccnc(OC)c1. The molecule has 70 valence electrons. The summed E-state index contributed by atoms with van der Waals surface area (Å²) in [5, 5.41) is 9.43. The maximum Gasteiger partial charge on any atom is 0.491 e. The van der Waals surface area contributed by atoms with E-state index in [0.717, 1.165) is 0 Å². The van der Waals surface area contributed by atoms with Crippen molar-refractivity contribution < 1.29 is 14.4 Å². The van der Waals surface area contributed by atoms with Crippen LogP contribution in [0.4, 0.5) is 0 Å². The van der Waals surface area contributed by atoms with E-state index in [1.807, 2.05) is 6.92 Å². The standard InChI is InChI=1S/C8H12BNO3/c1-3-13-9(11)7-4-5-10-8(6-7)12-2/h4-6,11H,3H2,1-2H3. The van der Waals surface area contributed by atoms with Crippen molar-refractivity contribution in [1.82, 2.24) is 4.98 Å². The Bertz CT molecular complexity index is 269. The average Bonchev–Trinajstić information content (AvgIpc) is 2.18. The molecule has 0 aromatic carbocycles. The third kappa shape index (κ3) is 2.71. The Hall–Kier alpha value is -1.07. The van der Waals surface area contributed by atoms with Crippen molar-refractivity contribution in [3.8, 4) is 5.88 Å². The first-order chi connectivity index (χ1) is 6.27. The number of ether oxygens (including phenoxy) is 1. The molecule has 0 radical (unpaired) electrons. The Kier molecular flexibility index (Phi) is 3.73. The van der Waals surface area contributed by atoms with E-state index in [1.54, 1.807) is 18.3 Å². The van der Waals surface area contributed by atoms with Gasteiger partial charge in [-0.15, -0.1) is 0 Å². The predicted octanol–water partition coefficient (Wildman–Crippen LogP) is -0.186. The molecule has 1 rings (SSSR count). The second-order valence-corrected chi connectivity index (χ2v) is 2.44. The van der Waals surface area contributed by atoms with Crippen LogP contribution in [0, 0.1) is 0 Å². The van der Waals surface area contributed by atoms with Gasteiger partial charge in [0.1, 0.15) is 0 Å². The molecule has 0 bridgehead atoms. The molecular weight excluding hydrogens is 169 g/mol. The molecule has 1 heterocycles. The summed E-state index contributed by atoms with van der Waals surface area (Å²) < 4.78 is 9.90. The Morgan fingerprint density at radius 1 is 1.62 bits per heavy atom. The third-order valence-electron chi connectivity index (χ3n) is 1.58. The van der Waals surface area contributed by atoms with Crippen LogP contribution >= 0.6 is 0 Å². The highest BCUT2D eigenvalue weighted by Crippen LogP contribution is 2.00. The van der Waals surface area contributed by atoms with Crippen LogP contribution in [0.5, 0.6) is 5.88 Å². The lowest BCUT2D eigenvalue weighted by atomic mass is 9.80. The van der Waals surface area contributed by atoms with Crippen molar-refractivity contribution in [3.63, 3.8) is 0 Å².